The molecule has 4 atom stereocenters. The Kier molecular flexibility index (Phi) is 4.38. The number of hydrogen-bond donors (Lipinski definition) is 2. The third-order valence-corrected chi connectivity index (χ3v) is 6.58. The molecule has 4 aliphatic rings. The number of fused-ring (bicyclic) bond motifs is 2. The van der Waals surface area contributed by atoms with Gasteiger partial charge < -0.3 is 15.4 Å². The van der Waals surface area contributed by atoms with Gasteiger partial charge >= 0.3 is 12.2 Å². The maximum Gasteiger partial charge on any atom is 0.401 e. The van der Waals surface area contributed by atoms with Crippen molar-refractivity contribution in [3.05, 3.63) is 0 Å². The average molecular weight is 361 g/mol. The van der Waals surface area contributed by atoms with Crippen LogP contribution in [0.15, 0.2) is 0 Å². The summed E-state index contributed by atoms with van der Waals surface area (Å²) in [7, 11) is 0. The lowest BCUT2D eigenvalue weighted by Crippen LogP contribution is -2.69. The van der Waals surface area contributed by atoms with Crippen LogP contribution in [-0.4, -0.2) is 61.5 Å². The maximum absolute atomic E-state index is 12.5. The Labute approximate surface area is 145 Å². The van der Waals surface area contributed by atoms with Crippen LogP contribution >= 0.6 is 0 Å². The number of urea groups is 1. The molecule has 0 radical (unpaired) electrons. The zero-order chi connectivity index (χ0) is 17.7. The minimum absolute atomic E-state index is 0.0938. The summed E-state index contributed by atoms with van der Waals surface area (Å²) in [6, 6.07) is -0.298. The summed E-state index contributed by atoms with van der Waals surface area (Å²) in [6.45, 7) is 0.500. The average Bonchev–Trinajstić information content (AvgIpc) is 3.23. The Morgan fingerprint density at radius 3 is 2.68 bits per heavy atom. The second-order valence-electron chi connectivity index (χ2n) is 8.12. The van der Waals surface area contributed by atoms with Crippen LogP contribution in [0.2, 0.25) is 0 Å². The van der Waals surface area contributed by atoms with Crippen molar-refractivity contribution in [1.29, 1.82) is 0 Å². The first-order valence-electron chi connectivity index (χ1n) is 9.35. The number of ether oxygens (including phenoxy) is 1. The van der Waals surface area contributed by atoms with E-state index in [4.69, 9.17) is 4.74 Å². The van der Waals surface area contributed by atoms with Crippen LogP contribution < -0.4 is 10.6 Å². The van der Waals surface area contributed by atoms with E-state index in [1.807, 2.05) is 0 Å². The van der Waals surface area contributed by atoms with Gasteiger partial charge in [0.25, 0.3) is 0 Å². The molecule has 2 aliphatic carbocycles. The summed E-state index contributed by atoms with van der Waals surface area (Å²) < 4.78 is 43.3. The van der Waals surface area contributed by atoms with Crippen molar-refractivity contribution in [2.75, 3.05) is 26.2 Å². The fourth-order valence-corrected chi connectivity index (χ4v) is 5.62. The molecule has 0 unspecified atom stereocenters. The standard InChI is InChI=1S/C17H26F3N3O2/c18-17(19,20)10-23-7-3-11(9-23)21-15(24)22-13-12-4-8-25-14(12)16(13)5-1-2-6-16/h11-14H,1-10H2,(H2,21,22,24)/t11-,12+,13-,14+/m1/s1. The van der Waals surface area contributed by atoms with E-state index in [2.05, 4.69) is 10.6 Å². The molecule has 2 heterocycles. The number of nitrogens with one attached hydrogen (secondary N) is 2. The van der Waals surface area contributed by atoms with Gasteiger partial charge in [0.1, 0.15) is 0 Å². The first-order chi connectivity index (χ1) is 11.9. The predicted octanol–water partition coefficient (Wildman–Crippen LogP) is 2.27. The van der Waals surface area contributed by atoms with Crippen LogP contribution in [-0.2, 0) is 4.74 Å². The first-order valence-corrected chi connectivity index (χ1v) is 9.35. The van der Waals surface area contributed by atoms with Gasteiger partial charge in [-0.05, 0) is 25.7 Å². The van der Waals surface area contributed by atoms with E-state index in [1.165, 1.54) is 17.7 Å². The zero-order valence-electron chi connectivity index (χ0n) is 14.3. The minimum Gasteiger partial charge on any atom is -0.377 e. The van der Waals surface area contributed by atoms with Gasteiger partial charge in [-0.2, -0.15) is 13.2 Å². The van der Waals surface area contributed by atoms with Crippen LogP contribution in [0.1, 0.15) is 38.5 Å². The molecule has 25 heavy (non-hydrogen) atoms. The smallest absolute Gasteiger partial charge is 0.377 e. The Balaban J connectivity index is 1.29. The van der Waals surface area contributed by atoms with Crippen molar-refractivity contribution in [1.82, 2.24) is 15.5 Å². The first kappa shape index (κ1) is 17.4. The normalized spacial score (nSPS) is 37.1. The number of likely N-dealkylation sites (tertiary alicyclic amines) is 1. The Morgan fingerprint density at radius 2 is 1.96 bits per heavy atom. The van der Waals surface area contributed by atoms with E-state index >= 15 is 0 Å². The molecule has 4 rings (SSSR count). The van der Waals surface area contributed by atoms with Crippen LogP contribution in [0.4, 0.5) is 18.0 Å². The molecule has 2 amide bonds. The highest BCUT2D eigenvalue weighted by atomic mass is 19.4. The van der Waals surface area contributed by atoms with Gasteiger partial charge in [-0.1, -0.05) is 12.8 Å². The molecule has 8 heteroatoms. The van der Waals surface area contributed by atoms with E-state index in [0.29, 0.717) is 18.9 Å². The maximum atomic E-state index is 12.5. The van der Waals surface area contributed by atoms with Crippen molar-refractivity contribution < 1.29 is 22.7 Å². The molecule has 2 saturated carbocycles. The lowest BCUT2D eigenvalue weighted by molar-refractivity contribution is -0.143. The van der Waals surface area contributed by atoms with E-state index < -0.39 is 12.7 Å². The predicted molar refractivity (Wildman–Crippen MR) is 85.1 cm³/mol. The van der Waals surface area contributed by atoms with Crippen molar-refractivity contribution in [2.45, 2.75) is 62.9 Å². The van der Waals surface area contributed by atoms with Crippen LogP contribution in [0, 0.1) is 11.3 Å². The zero-order valence-corrected chi connectivity index (χ0v) is 14.3. The summed E-state index contributed by atoms with van der Waals surface area (Å²) in [4.78, 5) is 13.8. The monoisotopic (exact) mass is 361 g/mol. The molecule has 142 valence electrons. The van der Waals surface area contributed by atoms with Gasteiger partial charge in [-0.15, -0.1) is 0 Å². The molecular formula is C17H26F3N3O2. The number of alkyl halides is 3. The van der Waals surface area contributed by atoms with Crippen LogP contribution in [0.5, 0.6) is 0 Å². The number of carbonyl (C=O) groups is 1. The summed E-state index contributed by atoms with van der Waals surface area (Å²) in [5.74, 6) is 0.397. The molecule has 5 nitrogen and oxygen atoms in total. The van der Waals surface area contributed by atoms with Crippen molar-refractivity contribution >= 4 is 6.03 Å². The Hall–Kier alpha value is -1.02. The van der Waals surface area contributed by atoms with Gasteiger partial charge in [-0.3, -0.25) is 4.90 Å². The SMILES string of the molecule is O=C(N[C@@H]1CCN(CC(F)(F)F)C1)N[C@@H]1[C@@H]2CCO[C@@H]2C12CCCC2. The van der Waals surface area contributed by atoms with Gasteiger partial charge in [0, 0.05) is 43.1 Å². The van der Waals surface area contributed by atoms with E-state index in [1.54, 1.807) is 0 Å². The largest absolute Gasteiger partial charge is 0.401 e. The lowest BCUT2D eigenvalue weighted by atomic mass is 9.54. The highest BCUT2D eigenvalue weighted by Crippen LogP contribution is 2.60. The van der Waals surface area contributed by atoms with Crippen molar-refractivity contribution in [2.24, 2.45) is 11.3 Å². The summed E-state index contributed by atoms with van der Waals surface area (Å²) in [5, 5.41) is 6.02. The third-order valence-electron chi connectivity index (χ3n) is 6.58. The summed E-state index contributed by atoms with van der Waals surface area (Å²) in [6.07, 6.45) is 2.21. The molecule has 1 spiro atoms. The van der Waals surface area contributed by atoms with Crippen LogP contribution in [0.3, 0.4) is 0 Å². The third kappa shape index (κ3) is 3.23. The second-order valence-corrected chi connectivity index (χ2v) is 8.12. The van der Waals surface area contributed by atoms with Crippen molar-refractivity contribution in [3.8, 4) is 0 Å². The number of carbonyl (C=O) groups excluding carboxylic acids is 1. The number of nitrogens with zero attached hydrogens (tertiary/aromatic N) is 1. The molecule has 2 aliphatic heterocycles. The molecule has 0 aromatic rings. The summed E-state index contributed by atoms with van der Waals surface area (Å²) in [5.41, 5.74) is 0.0938. The molecule has 4 fully saturated rings. The fraction of sp³-hybridized carbons (Fsp3) is 0.941. The second kappa shape index (κ2) is 6.30. The van der Waals surface area contributed by atoms with E-state index in [0.717, 1.165) is 25.9 Å². The molecule has 2 saturated heterocycles. The molecule has 2 N–H and O–H groups in total. The number of amides is 2. The minimum atomic E-state index is -4.19. The van der Waals surface area contributed by atoms with Gasteiger partial charge in [0.15, 0.2) is 0 Å². The van der Waals surface area contributed by atoms with Crippen LogP contribution in [0.25, 0.3) is 0 Å². The Bertz CT molecular complexity index is 522. The highest BCUT2D eigenvalue weighted by Gasteiger charge is 2.65. The quantitative estimate of drug-likeness (QED) is 0.811. The molecular weight excluding hydrogens is 335 g/mol. The molecule has 0 bridgehead atoms. The number of rotatable bonds is 3. The number of halogens is 3. The van der Waals surface area contributed by atoms with E-state index in [-0.39, 0.29) is 36.2 Å². The van der Waals surface area contributed by atoms with Gasteiger partial charge in [-0.25, -0.2) is 4.79 Å². The Morgan fingerprint density at radius 1 is 1.20 bits per heavy atom. The fourth-order valence-electron chi connectivity index (χ4n) is 5.62. The topological polar surface area (TPSA) is 53.6 Å². The van der Waals surface area contributed by atoms with Gasteiger partial charge in [0.05, 0.1) is 12.6 Å². The molecule has 0 aromatic heterocycles. The molecule has 0 aromatic carbocycles. The highest BCUT2D eigenvalue weighted by molar-refractivity contribution is 5.75. The lowest BCUT2D eigenvalue weighted by Gasteiger charge is -2.56. The van der Waals surface area contributed by atoms with E-state index in [9.17, 15) is 18.0 Å². The number of hydrogen-bond acceptors (Lipinski definition) is 3. The van der Waals surface area contributed by atoms with Gasteiger partial charge in [0.2, 0.25) is 0 Å². The summed E-state index contributed by atoms with van der Waals surface area (Å²) >= 11 is 0. The van der Waals surface area contributed by atoms with Crippen molar-refractivity contribution in [3.63, 3.8) is 0 Å².